The van der Waals surface area contributed by atoms with Crippen LogP contribution in [0.5, 0.6) is 0 Å². The van der Waals surface area contributed by atoms with Gasteiger partial charge in [-0.15, -0.1) is 0 Å². The van der Waals surface area contributed by atoms with Gasteiger partial charge in [0.15, 0.2) is 0 Å². The largest absolute Gasteiger partial charge is 0.495 e. The van der Waals surface area contributed by atoms with E-state index in [1.165, 1.54) is 19.3 Å². The van der Waals surface area contributed by atoms with Crippen LogP contribution in [0.2, 0.25) is 0 Å². The van der Waals surface area contributed by atoms with Gasteiger partial charge in [0.2, 0.25) is 0 Å². The highest BCUT2D eigenvalue weighted by atomic mass is 16.5. The van der Waals surface area contributed by atoms with Gasteiger partial charge in [0.1, 0.15) is 12.2 Å². The molecular weight excluding hydrogens is 448 g/mol. The van der Waals surface area contributed by atoms with Crippen LogP contribution in [0.1, 0.15) is 132 Å². The molecule has 0 amide bonds. The van der Waals surface area contributed by atoms with Crippen LogP contribution >= 0.6 is 0 Å². The second-order valence-corrected chi connectivity index (χ2v) is 14.2. The van der Waals surface area contributed by atoms with E-state index in [4.69, 9.17) is 9.47 Å². The molecule has 0 aromatic rings. The molecule has 0 unspecified atom stereocenters. The van der Waals surface area contributed by atoms with Crippen molar-refractivity contribution in [3.05, 3.63) is 12.3 Å². The van der Waals surface area contributed by atoms with E-state index in [1.54, 1.807) is 0 Å². The summed E-state index contributed by atoms with van der Waals surface area (Å²) < 4.78 is 12.2. The lowest BCUT2D eigenvalue weighted by atomic mass is 9.78. The second kappa shape index (κ2) is 12.2. The lowest BCUT2D eigenvalue weighted by Crippen LogP contribution is -2.60. The van der Waals surface area contributed by atoms with E-state index >= 15 is 0 Å². The van der Waals surface area contributed by atoms with Gasteiger partial charge in [-0.1, -0.05) is 32.3 Å². The van der Waals surface area contributed by atoms with E-state index in [2.05, 4.69) is 85.9 Å². The fourth-order valence-electron chi connectivity index (χ4n) is 6.56. The van der Waals surface area contributed by atoms with Crippen LogP contribution in [0.25, 0.3) is 0 Å². The van der Waals surface area contributed by atoms with Crippen LogP contribution in [-0.2, 0) is 14.3 Å². The van der Waals surface area contributed by atoms with Gasteiger partial charge in [0.05, 0.1) is 5.76 Å². The van der Waals surface area contributed by atoms with Crippen molar-refractivity contribution in [3.63, 3.8) is 0 Å². The number of rotatable bonds is 12. The van der Waals surface area contributed by atoms with Crippen molar-refractivity contribution < 1.29 is 14.3 Å². The summed E-state index contributed by atoms with van der Waals surface area (Å²) in [5, 5.41) is 0. The summed E-state index contributed by atoms with van der Waals surface area (Å²) in [6, 6.07) is 0. The quantitative estimate of drug-likeness (QED) is 0.156. The van der Waals surface area contributed by atoms with Gasteiger partial charge in [-0.2, -0.15) is 0 Å². The summed E-state index contributed by atoms with van der Waals surface area (Å²) in [5.74, 6) is 0.920. The lowest BCUT2D eigenvalue weighted by molar-refractivity contribution is -0.159. The number of ether oxygens (including phenoxy) is 2. The Morgan fingerprint density at radius 1 is 0.639 bits per heavy atom. The summed E-state index contributed by atoms with van der Waals surface area (Å²) in [4.78, 5) is 17.3. The Bertz CT molecular complexity index is 642. The molecule has 0 radical (unpaired) electrons. The standard InChI is InChI=1S/C31H58N2O3/c1-24(35-25-20-28(2,3)32(10)29(4,5)21-25)18-16-14-12-13-15-17-19-27(34)36-26-22-30(6,7)33(11)31(8,9)23-26/h25-26H,1,12-23H2,2-11H3. The van der Waals surface area contributed by atoms with Crippen LogP contribution in [0.4, 0.5) is 0 Å². The number of carbonyl (C=O) groups is 1. The van der Waals surface area contributed by atoms with Crippen LogP contribution in [-0.4, -0.2) is 64.2 Å². The molecule has 210 valence electrons. The van der Waals surface area contributed by atoms with Gasteiger partial charge in [-0.3, -0.25) is 14.6 Å². The van der Waals surface area contributed by atoms with E-state index in [-0.39, 0.29) is 40.3 Å². The molecule has 2 aliphatic heterocycles. The minimum atomic E-state index is -0.0233. The summed E-state index contributed by atoms with van der Waals surface area (Å²) in [6.07, 6.45) is 12.4. The molecule has 0 aliphatic carbocycles. The summed E-state index contributed by atoms with van der Waals surface area (Å²) in [7, 11) is 4.41. The number of likely N-dealkylation sites (tertiary alicyclic amines) is 2. The Labute approximate surface area is 223 Å². The highest BCUT2D eigenvalue weighted by Crippen LogP contribution is 2.39. The first kappa shape index (κ1) is 31.1. The predicted octanol–water partition coefficient (Wildman–Crippen LogP) is 7.48. The van der Waals surface area contributed by atoms with Crippen molar-refractivity contribution in [1.29, 1.82) is 0 Å². The molecular formula is C31H58N2O3. The minimum Gasteiger partial charge on any atom is -0.495 e. The van der Waals surface area contributed by atoms with Gasteiger partial charge in [0, 0.05) is 60.7 Å². The topological polar surface area (TPSA) is 42.0 Å². The van der Waals surface area contributed by atoms with Crippen LogP contribution < -0.4 is 0 Å². The third kappa shape index (κ3) is 8.75. The maximum Gasteiger partial charge on any atom is 0.306 e. The molecule has 0 spiro atoms. The van der Waals surface area contributed by atoms with E-state index in [1.807, 2.05) is 0 Å². The summed E-state index contributed by atoms with van der Waals surface area (Å²) in [6.45, 7) is 22.4. The van der Waals surface area contributed by atoms with Crippen molar-refractivity contribution in [1.82, 2.24) is 9.80 Å². The zero-order valence-corrected chi connectivity index (χ0v) is 25.5. The monoisotopic (exact) mass is 506 g/mol. The zero-order chi connectivity index (χ0) is 27.4. The van der Waals surface area contributed by atoms with E-state index in [0.29, 0.717) is 6.42 Å². The van der Waals surface area contributed by atoms with Gasteiger partial charge in [-0.25, -0.2) is 0 Å². The maximum absolute atomic E-state index is 12.4. The first-order valence-electron chi connectivity index (χ1n) is 14.5. The summed E-state index contributed by atoms with van der Waals surface area (Å²) in [5.41, 5.74) is 0.367. The smallest absolute Gasteiger partial charge is 0.306 e. The Morgan fingerprint density at radius 2 is 0.972 bits per heavy atom. The molecule has 0 saturated carbocycles. The highest BCUT2D eigenvalue weighted by Gasteiger charge is 2.45. The molecule has 2 aliphatic rings. The summed E-state index contributed by atoms with van der Waals surface area (Å²) >= 11 is 0. The Hall–Kier alpha value is -1.07. The number of hydrogen-bond donors (Lipinski definition) is 0. The van der Waals surface area contributed by atoms with Gasteiger partial charge in [0.25, 0.3) is 0 Å². The highest BCUT2D eigenvalue weighted by molar-refractivity contribution is 5.69. The molecule has 0 bridgehead atoms. The minimum absolute atomic E-state index is 0.0233. The van der Waals surface area contributed by atoms with Crippen molar-refractivity contribution in [3.8, 4) is 0 Å². The number of esters is 1. The first-order valence-corrected chi connectivity index (χ1v) is 14.5. The molecule has 5 nitrogen and oxygen atoms in total. The number of hydrogen-bond acceptors (Lipinski definition) is 5. The molecule has 2 heterocycles. The SMILES string of the molecule is C=C(CCCCCCCCC(=O)OC1CC(C)(C)N(C)C(C)(C)C1)OC1CC(C)(C)N(C)C(C)(C)C1. The third-order valence-corrected chi connectivity index (χ3v) is 9.26. The molecule has 2 saturated heterocycles. The molecule has 2 fully saturated rings. The van der Waals surface area contributed by atoms with Crippen molar-refractivity contribution in [2.45, 2.75) is 167 Å². The fourth-order valence-corrected chi connectivity index (χ4v) is 6.56. The molecule has 0 aromatic heterocycles. The Morgan fingerprint density at radius 3 is 1.39 bits per heavy atom. The number of carbonyl (C=O) groups excluding carboxylic acids is 1. The fraction of sp³-hybridized carbons (Fsp3) is 0.903. The Balaban J connectivity index is 1.54. The van der Waals surface area contributed by atoms with Crippen molar-refractivity contribution in [2.24, 2.45) is 0 Å². The van der Waals surface area contributed by atoms with E-state index in [9.17, 15) is 4.79 Å². The van der Waals surface area contributed by atoms with Crippen LogP contribution in [0, 0.1) is 0 Å². The Kier molecular flexibility index (Phi) is 10.6. The van der Waals surface area contributed by atoms with Gasteiger partial charge in [-0.05, 0) is 82.3 Å². The van der Waals surface area contributed by atoms with Crippen molar-refractivity contribution in [2.75, 3.05) is 14.1 Å². The predicted molar refractivity (Wildman–Crippen MR) is 151 cm³/mol. The van der Waals surface area contributed by atoms with Gasteiger partial charge >= 0.3 is 5.97 Å². The normalized spacial score (nSPS) is 24.4. The number of nitrogens with zero attached hydrogens (tertiary/aromatic N) is 2. The van der Waals surface area contributed by atoms with E-state index < -0.39 is 0 Å². The average Bonchev–Trinajstić information content (AvgIpc) is 2.71. The number of piperidine rings is 2. The number of unbranched alkanes of at least 4 members (excludes halogenated alkanes) is 5. The lowest BCUT2D eigenvalue weighted by Gasteiger charge is -2.53. The second-order valence-electron chi connectivity index (χ2n) is 14.2. The first-order chi connectivity index (χ1) is 16.5. The molecule has 5 heteroatoms. The van der Waals surface area contributed by atoms with Crippen molar-refractivity contribution >= 4 is 5.97 Å². The van der Waals surface area contributed by atoms with Crippen LogP contribution in [0.3, 0.4) is 0 Å². The van der Waals surface area contributed by atoms with Crippen LogP contribution in [0.15, 0.2) is 12.3 Å². The zero-order valence-electron chi connectivity index (χ0n) is 25.5. The molecule has 36 heavy (non-hydrogen) atoms. The molecule has 2 rings (SSSR count). The molecule has 0 N–H and O–H groups in total. The van der Waals surface area contributed by atoms with Gasteiger partial charge < -0.3 is 9.47 Å². The third-order valence-electron chi connectivity index (χ3n) is 9.26. The van der Waals surface area contributed by atoms with E-state index in [0.717, 1.165) is 57.1 Å². The molecule has 0 atom stereocenters. The molecule has 0 aromatic carbocycles. The average molecular weight is 507 g/mol. The number of allylic oxidation sites excluding steroid dienone is 1. The maximum atomic E-state index is 12.4.